The first-order valence-corrected chi connectivity index (χ1v) is 14.0. The Morgan fingerprint density at radius 2 is 1.19 bits per heavy atom. The second-order valence-corrected chi connectivity index (χ2v) is 10.7. The Hall–Kier alpha value is -5.88. The van der Waals surface area contributed by atoms with Crippen LogP contribution in [0.4, 0.5) is 0 Å². The number of rotatable bonds is 1. The van der Waals surface area contributed by atoms with Crippen molar-refractivity contribution in [3.05, 3.63) is 122 Å². The van der Waals surface area contributed by atoms with Crippen LogP contribution in [-0.2, 0) is 0 Å². The van der Waals surface area contributed by atoms with Crippen LogP contribution in [0.2, 0.25) is 0 Å². The van der Waals surface area contributed by atoms with Crippen LogP contribution in [0.15, 0.2) is 122 Å². The summed E-state index contributed by atoms with van der Waals surface area (Å²) in [6.07, 6.45) is 3.42. The van der Waals surface area contributed by atoms with E-state index in [-0.39, 0.29) is 0 Å². The van der Waals surface area contributed by atoms with Crippen LogP contribution in [0.3, 0.4) is 0 Å². The number of aromatic nitrogens is 6. The summed E-state index contributed by atoms with van der Waals surface area (Å²) in [6.45, 7) is 0. The second-order valence-electron chi connectivity index (χ2n) is 10.7. The molecule has 42 heavy (non-hydrogen) atoms. The number of fused-ring (bicyclic) bond motifs is 13. The second kappa shape index (κ2) is 7.86. The van der Waals surface area contributed by atoms with Crippen molar-refractivity contribution in [2.75, 3.05) is 0 Å². The van der Waals surface area contributed by atoms with Crippen LogP contribution in [-0.4, -0.2) is 29.1 Å². The van der Waals surface area contributed by atoms with E-state index in [0.29, 0.717) is 0 Å². The van der Waals surface area contributed by atoms with Crippen molar-refractivity contribution < 1.29 is 0 Å². The van der Waals surface area contributed by atoms with Gasteiger partial charge in [0, 0.05) is 38.9 Å². The van der Waals surface area contributed by atoms with E-state index in [0.717, 1.165) is 77.9 Å². The normalized spacial score (nSPS) is 12.3. The number of hydrogen-bond donors (Lipinski definition) is 0. The maximum atomic E-state index is 5.32. The van der Waals surface area contributed by atoms with Gasteiger partial charge in [0.05, 0.1) is 50.2 Å². The number of nitrogens with zero attached hydrogens (tertiary/aromatic N) is 6. The summed E-state index contributed by atoms with van der Waals surface area (Å²) < 4.78 is 4.69. The Morgan fingerprint density at radius 1 is 0.524 bits per heavy atom. The lowest BCUT2D eigenvalue weighted by molar-refractivity contribution is 1.04. The number of benzene rings is 5. The van der Waals surface area contributed by atoms with Crippen LogP contribution in [0.1, 0.15) is 0 Å². The van der Waals surface area contributed by atoms with Gasteiger partial charge in [0.25, 0.3) is 0 Å². The number of hydrogen-bond acceptors (Lipinski definition) is 4. The minimum absolute atomic E-state index is 0.837. The minimum Gasteiger partial charge on any atom is -0.308 e. The molecule has 0 radical (unpaired) electrons. The van der Waals surface area contributed by atoms with Crippen LogP contribution < -0.4 is 0 Å². The molecule has 194 valence electrons. The first-order valence-electron chi connectivity index (χ1n) is 14.0. The molecule has 0 aliphatic carbocycles. The molecule has 0 amide bonds. The van der Waals surface area contributed by atoms with Crippen molar-refractivity contribution in [3.8, 4) is 34.0 Å². The molecule has 0 bridgehead atoms. The van der Waals surface area contributed by atoms with Gasteiger partial charge in [-0.25, -0.2) is 19.9 Å². The van der Waals surface area contributed by atoms with Crippen molar-refractivity contribution in [3.63, 3.8) is 0 Å². The molecule has 5 aromatic carbocycles. The third kappa shape index (κ3) is 2.68. The predicted octanol–water partition coefficient (Wildman–Crippen LogP) is 8.26. The summed E-state index contributed by atoms with van der Waals surface area (Å²) in [4.78, 5) is 19.5. The first kappa shape index (κ1) is 21.9. The summed E-state index contributed by atoms with van der Waals surface area (Å²) >= 11 is 0. The van der Waals surface area contributed by atoms with Gasteiger partial charge in [0.2, 0.25) is 0 Å². The van der Waals surface area contributed by atoms with Crippen molar-refractivity contribution in [2.45, 2.75) is 0 Å². The number of para-hydroxylation sites is 5. The topological polar surface area (TPSA) is 61.4 Å². The zero-order chi connectivity index (χ0) is 27.4. The molecular weight excluding hydrogens is 516 g/mol. The fraction of sp³-hybridized carbons (Fsp3) is 0. The molecule has 0 fully saturated rings. The van der Waals surface area contributed by atoms with Gasteiger partial charge >= 0.3 is 0 Å². The van der Waals surface area contributed by atoms with E-state index < -0.39 is 0 Å². The van der Waals surface area contributed by atoms with E-state index >= 15 is 0 Å². The Balaban J connectivity index is 1.54. The quantitative estimate of drug-likeness (QED) is 0.212. The monoisotopic (exact) mass is 536 g/mol. The van der Waals surface area contributed by atoms with E-state index in [2.05, 4.69) is 93.0 Å². The van der Waals surface area contributed by atoms with Gasteiger partial charge in [0.1, 0.15) is 12.1 Å². The Morgan fingerprint density at radius 3 is 1.98 bits per heavy atom. The molecular formula is C36H20N6. The highest BCUT2D eigenvalue weighted by Crippen LogP contribution is 2.50. The lowest BCUT2D eigenvalue weighted by Gasteiger charge is -2.12. The molecule has 1 aliphatic rings. The van der Waals surface area contributed by atoms with E-state index in [1.54, 1.807) is 12.5 Å². The largest absolute Gasteiger partial charge is 0.308 e. The molecule has 0 saturated carbocycles. The Kier molecular flexibility index (Phi) is 4.10. The highest BCUT2D eigenvalue weighted by Gasteiger charge is 2.30. The van der Waals surface area contributed by atoms with Gasteiger partial charge in [-0.15, -0.1) is 0 Å². The minimum atomic E-state index is 0.837. The zero-order valence-corrected chi connectivity index (χ0v) is 22.2. The molecule has 0 saturated heterocycles. The molecule has 0 atom stereocenters. The highest BCUT2D eigenvalue weighted by molar-refractivity contribution is 6.30. The summed E-state index contributed by atoms with van der Waals surface area (Å²) in [5.41, 5.74) is 11.3. The Labute approximate surface area is 239 Å². The Bertz CT molecular complexity index is 2580. The first-order chi connectivity index (χ1) is 20.9. The molecule has 0 unspecified atom stereocenters. The third-order valence-corrected chi connectivity index (χ3v) is 8.59. The average Bonchev–Trinajstić information content (AvgIpc) is 3.53. The summed E-state index contributed by atoms with van der Waals surface area (Å²) in [5, 5.41) is 4.68. The molecule has 9 aromatic rings. The van der Waals surface area contributed by atoms with Crippen LogP contribution in [0.5, 0.6) is 0 Å². The van der Waals surface area contributed by atoms with Gasteiger partial charge in [-0.1, -0.05) is 66.7 Å². The maximum absolute atomic E-state index is 5.32. The van der Waals surface area contributed by atoms with E-state index in [1.807, 2.05) is 30.3 Å². The van der Waals surface area contributed by atoms with Crippen LogP contribution >= 0.6 is 0 Å². The summed E-state index contributed by atoms with van der Waals surface area (Å²) in [7, 11) is 0. The molecule has 1 aliphatic heterocycles. The third-order valence-electron chi connectivity index (χ3n) is 8.59. The highest BCUT2D eigenvalue weighted by atomic mass is 15.1. The summed E-state index contributed by atoms with van der Waals surface area (Å²) in [5.74, 6) is 0.837. The molecule has 6 nitrogen and oxygen atoms in total. The van der Waals surface area contributed by atoms with Gasteiger partial charge in [-0.05, 0) is 42.5 Å². The van der Waals surface area contributed by atoms with Crippen molar-refractivity contribution in [2.24, 2.45) is 0 Å². The van der Waals surface area contributed by atoms with Gasteiger partial charge in [-0.3, -0.25) is 4.57 Å². The van der Waals surface area contributed by atoms with Crippen molar-refractivity contribution >= 4 is 54.6 Å². The van der Waals surface area contributed by atoms with Gasteiger partial charge in [-0.2, -0.15) is 0 Å². The van der Waals surface area contributed by atoms with Gasteiger partial charge < -0.3 is 4.57 Å². The van der Waals surface area contributed by atoms with E-state index in [1.165, 1.54) is 10.8 Å². The maximum Gasteiger partial charge on any atom is 0.140 e. The molecule has 10 rings (SSSR count). The lowest BCUT2D eigenvalue weighted by atomic mass is 9.98. The smallest absolute Gasteiger partial charge is 0.140 e. The van der Waals surface area contributed by atoms with Crippen molar-refractivity contribution in [1.82, 2.24) is 29.1 Å². The standard InChI is InChI=1S/C36H20N6/c1-6-14-28-21(9-1)24-19-25-34-33(39-26-12-4-5-13-27(26)40-34)23-11-3-8-16-30(23)41-29-15-7-2-10-22(29)32(36(25)41)35(24)42(28)31-17-18-37-20-38-31/h1-20H. The molecule has 6 heteroatoms. The lowest BCUT2D eigenvalue weighted by Crippen LogP contribution is -1.98. The van der Waals surface area contributed by atoms with E-state index in [4.69, 9.17) is 15.0 Å². The zero-order valence-electron chi connectivity index (χ0n) is 22.2. The SMILES string of the molecule is c1ccc2c(c1)-c1nc3ccccc3nc1-c1cc3c4ccccc4n(-c4ccncn4)c3c3c4ccccc4n-2c13. The summed E-state index contributed by atoms with van der Waals surface area (Å²) in [6, 6.07) is 38.3. The van der Waals surface area contributed by atoms with Crippen LogP contribution in [0, 0.1) is 0 Å². The molecule has 4 aromatic heterocycles. The van der Waals surface area contributed by atoms with Gasteiger partial charge in [0.15, 0.2) is 0 Å². The average molecular weight is 537 g/mol. The molecule has 5 heterocycles. The van der Waals surface area contributed by atoms with E-state index in [9.17, 15) is 0 Å². The predicted molar refractivity (Wildman–Crippen MR) is 168 cm³/mol. The fourth-order valence-corrected chi connectivity index (χ4v) is 6.93. The molecule has 0 spiro atoms. The van der Waals surface area contributed by atoms with Crippen LogP contribution in [0.25, 0.3) is 88.7 Å². The van der Waals surface area contributed by atoms with Crippen molar-refractivity contribution in [1.29, 1.82) is 0 Å². The fourth-order valence-electron chi connectivity index (χ4n) is 6.93. The molecule has 0 N–H and O–H groups in total.